The third kappa shape index (κ3) is 1.40. The molecule has 0 saturated heterocycles. The van der Waals surface area contributed by atoms with Crippen LogP contribution in [0.3, 0.4) is 0 Å². The lowest BCUT2D eigenvalue weighted by Gasteiger charge is -2.07. The first-order valence-electron chi connectivity index (χ1n) is 2.86. The second-order valence-electron chi connectivity index (χ2n) is 1.83. The van der Waals surface area contributed by atoms with Gasteiger partial charge in [-0.2, -0.15) is 0 Å². The zero-order valence-corrected chi connectivity index (χ0v) is 6.08. The van der Waals surface area contributed by atoms with Gasteiger partial charge in [0.25, 0.3) is 0 Å². The summed E-state index contributed by atoms with van der Waals surface area (Å²) in [6, 6.07) is 0. The van der Waals surface area contributed by atoms with Crippen LogP contribution < -0.4 is 0 Å². The van der Waals surface area contributed by atoms with E-state index in [-0.39, 0.29) is 0 Å². The van der Waals surface area contributed by atoms with Gasteiger partial charge in [-0.25, -0.2) is 0 Å². The first kappa shape index (κ1) is 10.1. The highest BCUT2D eigenvalue weighted by atomic mass is 16.7. The Kier molecular flexibility index (Phi) is 2.94. The van der Waals surface area contributed by atoms with E-state index in [4.69, 9.17) is 5.53 Å². The Hall–Kier alpha value is -1.89. The third-order valence-corrected chi connectivity index (χ3v) is 1.26. The Morgan fingerprint density at radius 1 is 1.50 bits per heavy atom. The molecule has 0 aromatic rings. The highest BCUT2D eigenvalue weighted by molar-refractivity contribution is 4.61. The molecule has 0 spiro atoms. The Balaban J connectivity index is 5.17. The lowest BCUT2D eigenvalue weighted by atomic mass is 10.3. The number of rotatable bonds is 4. The molecule has 0 aliphatic heterocycles. The van der Waals surface area contributed by atoms with Crippen molar-refractivity contribution >= 4 is 0 Å². The standard InChI is InChI=1S/C3H5N5O4/c1-2-3(5-6-4,7(9)10)8(11)12/h2H2,1H3. The van der Waals surface area contributed by atoms with Gasteiger partial charge in [0, 0.05) is 4.91 Å². The predicted octanol–water partition coefficient (Wildman–Crippen LogP) is 0.914. The lowest BCUT2D eigenvalue weighted by Crippen LogP contribution is -2.43. The fourth-order valence-corrected chi connectivity index (χ4v) is 0.540. The van der Waals surface area contributed by atoms with Crippen LogP contribution in [0.4, 0.5) is 0 Å². The quantitative estimate of drug-likeness (QED) is 0.156. The molecule has 0 aliphatic rings. The first-order chi connectivity index (χ1) is 5.51. The number of nitro groups is 2. The Bertz CT molecular complexity index is 236. The van der Waals surface area contributed by atoms with Gasteiger partial charge >= 0.3 is 5.79 Å². The van der Waals surface area contributed by atoms with E-state index in [1.807, 2.05) is 0 Å². The zero-order valence-electron chi connectivity index (χ0n) is 6.08. The largest absolute Gasteiger partial charge is 0.545 e. The molecular weight excluding hydrogens is 170 g/mol. The van der Waals surface area contributed by atoms with E-state index >= 15 is 0 Å². The van der Waals surface area contributed by atoms with Crippen molar-refractivity contribution in [3.63, 3.8) is 0 Å². The van der Waals surface area contributed by atoms with Crippen LogP contribution in [0.15, 0.2) is 5.11 Å². The lowest BCUT2D eigenvalue weighted by molar-refractivity contribution is -0.795. The molecule has 12 heavy (non-hydrogen) atoms. The summed E-state index contributed by atoms with van der Waals surface area (Å²) in [5, 5.41) is 22.9. The molecule has 0 aliphatic carbocycles. The van der Waals surface area contributed by atoms with Crippen LogP contribution in [0, 0.1) is 20.2 Å². The smallest absolute Gasteiger partial charge is 0.258 e. The molecule has 0 aromatic heterocycles. The molecule has 0 heterocycles. The summed E-state index contributed by atoms with van der Waals surface area (Å²) in [6.07, 6.45) is -0.489. The molecule has 0 saturated carbocycles. The molecule has 0 unspecified atom stereocenters. The number of hydrogen-bond acceptors (Lipinski definition) is 5. The fourth-order valence-electron chi connectivity index (χ4n) is 0.540. The van der Waals surface area contributed by atoms with Crippen molar-refractivity contribution in [2.45, 2.75) is 19.1 Å². The normalized spacial score (nSPS) is 10.1. The van der Waals surface area contributed by atoms with E-state index in [0.29, 0.717) is 0 Å². The van der Waals surface area contributed by atoms with E-state index in [1.54, 1.807) is 0 Å². The summed E-state index contributed by atoms with van der Waals surface area (Å²) < 4.78 is 0. The van der Waals surface area contributed by atoms with Gasteiger partial charge in [0.2, 0.25) is 0 Å². The predicted molar refractivity (Wildman–Crippen MR) is 36.2 cm³/mol. The number of azide groups is 1. The van der Waals surface area contributed by atoms with Gasteiger partial charge in [0.05, 0.1) is 11.5 Å². The average molecular weight is 175 g/mol. The summed E-state index contributed by atoms with van der Waals surface area (Å²) in [5.74, 6) is -2.76. The molecule has 0 fully saturated rings. The highest BCUT2D eigenvalue weighted by Crippen LogP contribution is 2.17. The topological polar surface area (TPSA) is 135 Å². The minimum atomic E-state index is -2.76. The van der Waals surface area contributed by atoms with Crippen molar-refractivity contribution in [1.29, 1.82) is 0 Å². The van der Waals surface area contributed by atoms with E-state index in [1.165, 1.54) is 6.92 Å². The summed E-state index contributed by atoms with van der Waals surface area (Å²) in [6.45, 7) is 1.19. The van der Waals surface area contributed by atoms with Crippen molar-refractivity contribution in [3.8, 4) is 0 Å². The molecule has 0 bridgehead atoms. The average Bonchev–Trinajstić information content (AvgIpc) is 1.98. The van der Waals surface area contributed by atoms with E-state index in [9.17, 15) is 20.2 Å². The van der Waals surface area contributed by atoms with Crippen molar-refractivity contribution < 1.29 is 9.85 Å². The molecule has 0 radical (unpaired) electrons. The van der Waals surface area contributed by atoms with Crippen molar-refractivity contribution in [2.75, 3.05) is 0 Å². The second kappa shape index (κ2) is 3.49. The van der Waals surface area contributed by atoms with Gasteiger partial charge in [0.15, 0.2) is 0 Å². The second-order valence-corrected chi connectivity index (χ2v) is 1.83. The Labute approximate surface area is 65.9 Å². The van der Waals surface area contributed by atoms with Crippen molar-refractivity contribution in [2.24, 2.45) is 5.11 Å². The number of hydrogen-bond donors (Lipinski definition) is 0. The summed E-state index contributed by atoms with van der Waals surface area (Å²) >= 11 is 0. The molecule has 9 heteroatoms. The van der Waals surface area contributed by atoms with Gasteiger partial charge in [-0.1, -0.05) is 6.92 Å². The zero-order chi connectivity index (χ0) is 9.78. The van der Waals surface area contributed by atoms with Gasteiger partial charge in [-0.3, -0.25) is 20.2 Å². The maximum atomic E-state index is 10.2. The minimum Gasteiger partial charge on any atom is -0.258 e. The Morgan fingerprint density at radius 3 is 2.00 bits per heavy atom. The monoisotopic (exact) mass is 175 g/mol. The molecule has 0 rings (SSSR count). The molecule has 0 aromatic carbocycles. The maximum Gasteiger partial charge on any atom is 0.545 e. The van der Waals surface area contributed by atoms with E-state index < -0.39 is 22.1 Å². The van der Waals surface area contributed by atoms with Crippen molar-refractivity contribution in [3.05, 3.63) is 30.7 Å². The van der Waals surface area contributed by atoms with Crippen LogP contribution >= 0.6 is 0 Å². The van der Waals surface area contributed by atoms with Crippen LogP contribution in [-0.4, -0.2) is 15.6 Å². The summed E-state index contributed by atoms with van der Waals surface area (Å²) in [5.41, 5.74) is 7.88. The third-order valence-electron chi connectivity index (χ3n) is 1.26. The van der Waals surface area contributed by atoms with Crippen LogP contribution in [0.1, 0.15) is 13.3 Å². The Morgan fingerprint density at radius 2 is 1.92 bits per heavy atom. The van der Waals surface area contributed by atoms with E-state index in [2.05, 4.69) is 10.0 Å². The first-order valence-corrected chi connectivity index (χ1v) is 2.86. The van der Waals surface area contributed by atoms with Gasteiger partial charge in [-0.05, 0) is 5.53 Å². The van der Waals surface area contributed by atoms with Gasteiger partial charge in [-0.15, -0.1) is 0 Å². The van der Waals surface area contributed by atoms with Gasteiger partial charge < -0.3 is 0 Å². The minimum absolute atomic E-state index is 0.489. The fraction of sp³-hybridized carbons (Fsp3) is 1.00. The van der Waals surface area contributed by atoms with Crippen LogP contribution in [-0.2, 0) is 0 Å². The molecular formula is C3H5N5O4. The van der Waals surface area contributed by atoms with E-state index in [0.717, 1.165) is 0 Å². The molecule has 0 amide bonds. The molecule has 0 atom stereocenters. The summed E-state index contributed by atoms with van der Waals surface area (Å²) in [4.78, 5) is 20.0. The molecule has 0 N–H and O–H groups in total. The number of nitrogens with zero attached hydrogens (tertiary/aromatic N) is 5. The van der Waals surface area contributed by atoms with Crippen LogP contribution in [0.5, 0.6) is 0 Å². The van der Waals surface area contributed by atoms with Gasteiger partial charge in [0.1, 0.15) is 9.85 Å². The SMILES string of the molecule is CCC(N=[N+]=[N-])([N+](=O)[O-])[N+](=O)[O-]. The summed E-state index contributed by atoms with van der Waals surface area (Å²) in [7, 11) is 0. The molecule has 9 nitrogen and oxygen atoms in total. The van der Waals surface area contributed by atoms with Crippen molar-refractivity contribution in [1.82, 2.24) is 0 Å². The highest BCUT2D eigenvalue weighted by Gasteiger charge is 2.54. The van der Waals surface area contributed by atoms with Crippen LogP contribution in [0.2, 0.25) is 0 Å². The van der Waals surface area contributed by atoms with Crippen LogP contribution in [0.25, 0.3) is 10.4 Å². The maximum absolute atomic E-state index is 10.2. The molecule has 66 valence electrons.